The van der Waals surface area contributed by atoms with Crippen LogP contribution in [0.1, 0.15) is 31.1 Å². The van der Waals surface area contributed by atoms with Gasteiger partial charge in [-0.2, -0.15) is 0 Å². The molecule has 0 unspecified atom stereocenters. The zero-order valence-electron chi connectivity index (χ0n) is 14.8. The number of aromatic amines is 1. The first-order valence-corrected chi connectivity index (χ1v) is 9.05. The zero-order valence-corrected chi connectivity index (χ0v) is 16.4. The first-order chi connectivity index (χ1) is 12.5. The highest BCUT2D eigenvalue weighted by Gasteiger charge is 2.19. The van der Waals surface area contributed by atoms with Gasteiger partial charge < -0.3 is 24.5 Å². The third-order valence-corrected chi connectivity index (χ3v) is 3.75. The largest absolute Gasteiger partial charge is 0.490 e. The van der Waals surface area contributed by atoms with Crippen molar-refractivity contribution in [3.05, 3.63) is 44.8 Å². The molecule has 0 spiro atoms. The van der Waals surface area contributed by atoms with Crippen LogP contribution in [0.4, 0.5) is 5.69 Å². The summed E-state index contributed by atoms with van der Waals surface area (Å²) in [6, 6.07) is 4.66. The number of carbonyl (C=O) groups excluding carboxylic acids is 1. The highest BCUT2D eigenvalue weighted by Crippen LogP contribution is 2.39. The first kappa shape index (κ1) is 19.8. The lowest BCUT2D eigenvalue weighted by Gasteiger charge is -2.17. The van der Waals surface area contributed by atoms with Gasteiger partial charge in [-0.1, -0.05) is 0 Å². The molecular formula is C18H21BrN2O5. The molecule has 1 heterocycles. The van der Waals surface area contributed by atoms with Gasteiger partial charge in [0, 0.05) is 16.2 Å². The Balaban J connectivity index is 2.42. The van der Waals surface area contributed by atoms with Crippen molar-refractivity contribution in [1.82, 2.24) is 4.98 Å². The quantitative estimate of drug-likeness (QED) is 0.675. The summed E-state index contributed by atoms with van der Waals surface area (Å²) < 4.78 is 17.5. The van der Waals surface area contributed by atoms with Gasteiger partial charge >= 0.3 is 0 Å². The maximum Gasteiger partial charge on any atom is 0.271 e. The number of H-pyrrole nitrogens is 1. The molecule has 0 fully saturated rings. The molecule has 1 aromatic carbocycles. The number of anilines is 1. The van der Waals surface area contributed by atoms with Crippen LogP contribution in [0.2, 0.25) is 0 Å². The first-order valence-electron chi connectivity index (χ1n) is 8.26. The minimum atomic E-state index is -0.460. The summed E-state index contributed by atoms with van der Waals surface area (Å²) in [6.07, 6.45) is 1.50. The minimum absolute atomic E-state index is 0.133. The van der Waals surface area contributed by atoms with Gasteiger partial charge in [0.05, 0.1) is 19.8 Å². The van der Waals surface area contributed by atoms with Crippen LogP contribution in [0.3, 0.4) is 0 Å². The topological polar surface area (TPSA) is 89.7 Å². The Bertz CT molecular complexity index is 808. The molecular weight excluding hydrogens is 404 g/mol. The molecule has 1 amide bonds. The van der Waals surface area contributed by atoms with Crippen LogP contribution in [-0.4, -0.2) is 30.7 Å². The average Bonchev–Trinajstić information content (AvgIpc) is 2.61. The fraction of sp³-hybridized carbons (Fsp3) is 0.333. The van der Waals surface area contributed by atoms with Gasteiger partial charge in [0.1, 0.15) is 5.69 Å². The van der Waals surface area contributed by atoms with Gasteiger partial charge in [0.25, 0.3) is 11.5 Å². The summed E-state index contributed by atoms with van der Waals surface area (Å²) in [4.78, 5) is 27.0. The molecule has 0 aliphatic heterocycles. The zero-order chi connectivity index (χ0) is 19.1. The Morgan fingerprint density at radius 3 is 2.15 bits per heavy atom. The van der Waals surface area contributed by atoms with Crippen LogP contribution in [-0.2, 0) is 0 Å². The second-order valence-electron chi connectivity index (χ2n) is 5.12. The van der Waals surface area contributed by atoms with Crippen molar-refractivity contribution in [3.8, 4) is 17.2 Å². The highest BCUT2D eigenvalue weighted by atomic mass is 79.9. The number of amides is 1. The van der Waals surface area contributed by atoms with Crippen molar-refractivity contribution in [2.75, 3.05) is 25.1 Å². The number of carbonyl (C=O) groups is 1. The molecule has 0 bridgehead atoms. The molecule has 0 aliphatic rings. The van der Waals surface area contributed by atoms with E-state index in [0.717, 1.165) is 0 Å². The van der Waals surface area contributed by atoms with Gasteiger partial charge in [-0.05, 0) is 54.9 Å². The van der Waals surface area contributed by atoms with Crippen molar-refractivity contribution in [3.63, 3.8) is 0 Å². The maximum atomic E-state index is 12.6. The lowest BCUT2D eigenvalue weighted by molar-refractivity contribution is 0.102. The monoisotopic (exact) mass is 424 g/mol. The van der Waals surface area contributed by atoms with E-state index in [0.29, 0.717) is 47.1 Å². The van der Waals surface area contributed by atoms with Crippen molar-refractivity contribution < 1.29 is 19.0 Å². The number of ether oxygens (including phenoxy) is 3. The van der Waals surface area contributed by atoms with Crippen molar-refractivity contribution in [2.24, 2.45) is 0 Å². The minimum Gasteiger partial charge on any atom is -0.490 e. The summed E-state index contributed by atoms with van der Waals surface area (Å²) in [5.41, 5.74) is 0.0245. The fourth-order valence-electron chi connectivity index (χ4n) is 2.26. The predicted molar refractivity (Wildman–Crippen MR) is 103 cm³/mol. The van der Waals surface area contributed by atoms with E-state index >= 15 is 0 Å². The standard InChI is InChI=1S/C18H21BrN2O5/c1-4-24-14-7-11(8-15(25-5-2)16(14)26-6-3)17(22)21-13-9-12(19)10-20-18(13)23/h7-10H,4-6H2,1-3H3,(H,20,23)(H,21,22). The summed E-state index contributed by atoms with van der Waals surface area (Å²) in [5.74, 6) is 0.814. The molecule has 0 saturated heterocycles. The molecule has 7 nitrogen and oxygen atoms in total. The van der Waals surface area contributed by atoms with Crippen LogP contribution in [0.15, 0.2) is 33.7 Å². The second kappa shape index (κ2) is 9.28. The van der Waals surface area contributed by atoms with E-state index in [1.54, 1.807) is 12.1 Å². The lowest BCUT2D eigenvalue weighted by Crippen LogP contribution is -2.20. The van der Waals surface area contributed by atoms with Crippen LogP contribution in [0.5, 0.6) is 17.2 Å². The SMILES string of the molecule is CCOc1cc(C(=O)Nc2cc(Br)c[nH]c2=O)cc(OCC)c1OCC. The molecule has 0 aliphatic carbocycles. The predicted octanol–water partition coefficient (Wildman–Crippen LogP) is 3.59. The Morgan fingerprint density at radius 2 is 1.62 bits per heavy atom. The normalized spacial score (nSPS) is 10.3. The van der Waals surface area contributed by atoms with Gasteiger partial charge in [-0.15, -0.1) is 0 Å². The molecule has 0 radical (unpaired) electrons. The van der Waals surface area contributed by atoms with E-state index in [2.05, 4.69) is 26.2 Å². The van der Waals surface area contributed by atoms with E-state index in [1.807, 2.05) is 20.8 Å². The molecule has 1 aromatic heterocycles. The third kappa shape index (κ3) is 4.78. The van der Waals surface area contributed by atoms with Gasteiger partial charge in [0.2, 0.25) is 5.75 Å². The van der Waals surface area contributed by atoms with Crippen molar-refractivity contribution >= 4 is 27.5 Å². The van der Waals surface area contributed by atoms with Gasteiger partial charge in [-0.25, -0.2) is 0 Å². The number of hydrogen-bond acceptors (Lipinski definition) is 5. The summed E-state index contributed by atoms with van der Waals surface area (Å²) in [5, 5.41) is 2.59. The lowest BCUT2D eigenvalue weighted by atomic mass is 10.1. The molecule has 2 rings (SSSR count). The van der Waals surface area contributed by atoms with E-state index in [9.17, 15) is 9.59 Å². The number of nitrogens with one attached hydrogen (secondary N) is 2. The molecule has 26 heavy (non-hydrogen) atoms. The number of pyridine rings is 1. The number of hydrogen-bond donors (Lipinski definition) is 2. The van der Waals surface area contributed by atoms with Crippen LogP contribution < -0.4 is 25.1 Å². The number of rotatable bonds is 8. The van der Waals surface area contributed by atoms with Gasteiger partial charge in [0.15, 0.2) is 11.5 Å². The van der Waals surface area contributed by atoms with Crippen molar-refractivity contribution in [2.45, 2.75) is 20.8 Å². The van der Waals surface area contributed by atoms with E-state index < -0.39 is 11.5 Å². The molecule has 0 atom stereocenters. The molecule has 140 valence electrons. The molecule has 8 heteroatoms. The smallest absolute Gasteiger partial charge is 0.271 e. The summed E-state index contributed by atoms with van der Waals surface area (Å²) in [7, 11) is 0. The van der Waals surface area contributed by atoms with E-state index in [4.69, 9.17) is 14.2 Å². The molecule has 2 N–H and O–H groups in total. The number of benzene rings is 1. The average molecular weight is 425 g/mol. The molecule has 0 saturated carbocycles. The third-order valence-electron chi connectivity index (χ3n) is 3.29. The second-order valence-corrected chi connectivity index (χ2v) is 6.03. The summed E-state index contributed by atoms with van der Waals surface area (Å²) >= 11 is 3.26. The van der Waals surface area contributed by atoms with Crippen LogP contribution in [0.25, 0.3) is 0 Å². The summed E-state index contributed by atoms with van der Waals surface area (Å²) in [6.45, 7) is 6.77. The van der Waals surface area contributed by atoms with Crippen LogP contribution >= 0.6 is 15.9 Å². The number of halogens is 1. The van der Waals surface area contributed by atoms with Gasteiger partial charge in [-0.3, -0.25) is 9.59 Å². The Morgan fingerprint density at radius 1 is 1.04 bits per heavy atom. The number of aromatic nitrogens is 1. The Hall–Kier alpha value is -2.48. The Labute approximate surface area is 159 Å². The fourth-order valence-corrected chi connectivity index (χ4v) is 2.61. The van der Waals surface area contributed by atoms with E-state index in [-0.39, 0.29) is 5.69 Å². The maximum absolute atomic E-state index is 12.6. The highest BCUT2D eigenvalue weighted by molar-refractivity contribution is 9.10. The Kier molecular flexibility index (Phi) is 7.08. The van der Waals surface area contributed by atoms with E-state index in [1.165, 1.54) is 12.3 Å². The van der Waals surface area contributed by atoms with Crippen LogP contribution in [0, 0.1) is 0 Å². The molecule has 2 aromatic rings. The van der Waals surface area contributed by atoms with Crippen molar-refractivity contribution in [1.29, 1.82) is 0 Å².